The number of nitrogens with one attached hydrogen (secondary N) is 1. The average Bonchev–Trinajstić information content (AvgIpc) is 2.89. The van der Waals surface area contributed by atoms with Crippen molar-refractivity contribution in [1.82, 2.24) is 25.0 Å². The number of hydrogen-bond donors (Lipinski definition) is 1. The number of nitrogens with zero attached hydrogens (tertiary/aromatic N) is 6. The molecule has 3 aromatic heterocycles. The second-order valence-corrected chi connectivity index (χ2v) is 4.44. The van der Waals surface area contributed by atoms with Crippen LogP contribution in [0.4, 0.5) is 5.95 Å². The van der Waals surface area contributed by atoms with Gasteiger partial charge in [-0.2, -0.15) is 10.1 Å². The molecule has 7 nitrogen and oxygen atoms in total. The summed E-state index contributed by atoms with van der Waals surface area (Å²) in [5, 5.41) is 3.10. The van der Waals surface area contributed by atoms with Crippen LogP contribution in [-0.2, 0) is 0 Å². The second-order valence-electron chi connectivity index (χ2n) is 4.44. The Labute approximate surface area is 115 Å². The molecule has 0 aliphatic heterocycles. The minimum atomic E-state index is 0.495. The van der Waals surface area contributed by atoms with Crippen molar-refractivity contribution in [3.8, 4) is 11.4 Å². The van der Waals surface area contributed by atoms with Crippen LogP contribution >= 0.6 is 0 Å². The summed E-state index contributed by atoms with van der Waals surface area (Å²) in [5.41, 5.74) is 1.73. The quantitative estimate of drug-likeness (QED) is 0.434. The number of hydrogen-bond acceptors (Lipinski definition) is 4. The van der Waals surface area contributed by atoms with Crippen LogP contribution in [0.25, 0.3) is 17.2 Å². The summed E-state index contributed by atoms with van der Waals surface area (Å²) in [7, 11) is 3.80. The summed E-state index contributed by atoms with van der Waals surface area (Å²) in [6.07, 6.45) is 5.14. The highest BCUT2D eigenvalue weighted by molar-refractivity contribution is 5.58. The fourth-order valence-electron chi connectivity index (χ4n) is 1.77. The van der Waals surface area contributed by atoms with E-state index in [1.54, 1.807) is 23.2 Å². The Balaban J connectivity index is 2.11. The smallest absolute Gasteiger partial charge is 0.369 e. The Hall–Kier alpha value is -2.83. The summed E-state index contributed by atoms with van der Waals surface area (Å²) in [6, 6.07) is 7.64. The van der Waals surface area contributed by atoms with Gasteiger partial charge in [-0.15, -0.1) is 4.52 Å². The van der Waals surface area contributed by atoms with Gasteiger partial charge in [0.15, 0.2) is 5.69 Å². The highest BCUT2D eigenvalue weighted by atomic mass is 15.4. The molecule has 0 spiro atoms. The summed E-state index contributed by atoms with van der Waals surface area (Å²) in [5.74, 6) is 1.05. The lowest BCUT2D eigenvalue weighted by atomic mass is 10.2. The number of fused-ring (bicyclic) bond motifs is 1. The van der Waals surface area contributed by atoms with Crippen LogP contribution < -0.4 is 4.52 Å². The molecule has 0 amide bonds. The molecule has 0 saturated carbocycles. The highest BCUT2D eigenvalue weighted by Crippen LogP contribution is 2.12. The summed E-state index contributed by atoms with van der Waals surface area (Å²) >= 11 is 0. The van der Waals surface area contributed by atoms with Gasteiger partial charge in [0.1, 0.15) is 11.9 Å². The van der Waals surface area contributed by atoms with Gasteiger partial charge in [0, 0.05) is 26.4 Å². The first-order valence-corrected chi connectivity index (χ1v) is 6.13. The van der Waals surface area contributed by atoms with Crippen molar-refractivity contribution in [2.45, 2.75) is 0 Å². The first-order chi connectivity index (χ1) is 9.74. The van der Waals surface area contributed by atoms with Crippen molar-refractivity contribution < 1.29 is 4.52 Å². The molecule has 1 N–H and O–H groups in total. The molecule has 0 unspecified atom stereocenters. The van der Waals surface area contributed by atoms with Crippen LogP contribution in [0.5, 0.6) is 0 Å². The molecule has 3 rings (SSSR count). The topological polar surface area (TPSA) is 74.2 Å². The zero-order valence-electron chi connectivity index (χ0n) is 11.2. The van der Waals surface area contributed by atoms with Gasteiger partial charge in [0.25, 0.3) is 0 Å². The van der Waals surface area contributed by atoms with E-state index in [2.05, 4.69) is 25.0 Å². The van der Waals surface area contributed by atoms with E-state index < -0.39 is 0 Å². The lowest BCUT2D eigenvalue weighted by Gasteiger charge is -1.99. The molecule has 20 heavy (non-hydrogen) atoms. The number of aromatic nitrogens is 5. The predicted molar refractivity (Wildman–Crippen MR) is 74.6 cm³/mol. The van der Waals surface area contributed by atoms with E-state index in [9.17, 15) is 0 Å². The molecule has 0 aliphatic carbocycles. The summed E-state index contributed by atoms with van der Waals surface area (Å²) < 4.78 is 1.77. The van der Waals surface area contributed by atoms with Crippen molar-refractivity contribution in [3.63, 3.8) is 0 Å². The van der Waals surface area contributed by atoms with E-state index in [1.165, 1.54) is 0 Å². The van der Waals surface area contributed by atoms with Crippen molar-refractivity contribution in [1.29, 1.82) is 0 Å². The zero-order chi connectivity index (χ0) is 13.9. The maximum atomic E-state index is 4.34. The van der Waals surface area contributed by atoms with Gasteiger partial charge >= 0.3 is 11.7 Å². The van der Waals surface area contributed by atoms with Crippen LogP contribution in [0.1, 0.15) is 0 Å². The summed E-state index contributed by atoms with van der Waals surface area (Å²) in [4.78, 5) is 18.9. The van der Waals surface area contributed by atoms with Gasteiger partial charge in [-0.1, -0.05) is 11.1 Å². The SMILES string of the molecule is CN(C)C=Nc1nc2nccc(-c3ccccn3)[n+]2[nH]1. The molecule has 3 aromatic rings. The standard InChI is InChI=1S/C13H13N7/c1-19(2)9-16-12-17-13-15-8-6-11(20(13)18-12)10-5-3-4-7-14-10/h3-9H,1-2H3/p+1. The Morgan fingerprint density at radius 1 is 1.20 bits per heavy atom. The molecule has 0 fully saturated rings. The fourth-order valence-corrected chi connectivity index (χ4v) is 1.77. The molecule has 0 aromatic carbocycles. The van der Waals surface area contributed by atoms with Crippen molar-refractivity contribution in [2.75, 3.05) is 14.1 Å². The first kappa shape index (κ1) is 12.2. The molecule has 0 saturated heterocycles. The minimum Gasteiger partial charge on any atom is -0.369 e. The third-order valence-electron chi connectivity index (χ3n) is 2.62. The Morgan fingerprint density at radius 2 is 2.10 bits per heavy atom. The van der Waals surface area contributed by atoms with Crippen molar-refractivity contribution >= 4 is 18.1 Å². The first-order valence-electron chi connectivity index (χ1n) is 6.13. The predicted octanol–water partition coefficient (Wildman–Crippen LogP) is 0.827. The molecule has 0 radical (unpaired) electrons. The van der Waals surface area contributed by atoms with E-state index >= 15 is 0 Å². The number of H-pyrrole nitrogens is 1. The molecule has 0 bridgehead atoms. The van der Waals surface area contributed by atoms with Gasteiger partial charge in [0.2, 0.25) is 0 Å². The average molecular weight is 268 g/mol. The van der Waals surface area contributed by atoms with Crippen LogP contribution in [0.15, 0.2) is 41.7 Å². The molecule has 100 valence electrons. The largest absolute Gasteiger partial charge is 0.459 e. The number of aliphatic imine (C=N–C) groups is 1. The van der Waals surface area contributed by atoms with E-state index in [4.69, 9.17) is 0 Å². The lowest BCUT2D eigenvalue weighted by molar-refractivity contribution is -0.567. The van der Waals surface area contributed by atoms with Gasteiger partial charge in [0.05, 0.1) is 6.34 Å². The van der Waals surface area contributed by atoms with Crippen LogP contribution in [0, 0.1) is 0 Å². The normalized spacial score (nSPS) is 11.3. The minimum absolute atomic E-state index is 0.495. The van der Waals surface area contributed by atoms with E-state index in [1.807, 2.05) is 43.3 Å². The molecular formula is C13H14N7+. The molecule has 7 heteroatoms. The maximum Gasteiger partial charge on any atom is 0.459 e. The van der Waals surface area contributed by atoms with E-state index in [0.29, 0.717) is 11.7 Å². The van der Waals surface area contributed by atoms with Crippen LogP contribution in [0.2, 0.25) is 0 Å². The number of pyridine rings is 1. The van der Waals surface area contributed by atoms with Crippen LogP contribution in [0.3, 0.4) is 0 Å². The number of aromatic amines is 1. The van der Waals surface area contributed by atoms with E-state index in [0.717, 1.165) is 11.4 Å². The molecule has 3 heterocycles. The van der Waals surface area contributed by atoms with Crippen molar-refractivity contribution in [2.24, 2.45) is 4.99 Å². The highest BCUT2D eigenvalue weighted by Gasteiger charge is 2.16. The van der Waals surface area contributed by atoms with Crippen LogP contribution in [-0.4, -0.2) is 45.4 Å². The maximum absolute atomic E-state index is 4.34. The number of rotatable bonds is 3. The second kappa shape index (κ2) is 5.04. The zero-order valence-corrected chi connectivity index (χ0v) is 11.2. The van der Waals surface area contributed by atoms with E-state index in [-0.39, 0.29) is 0 Å². The lowest BCUT2D eigenvalue weighted by Crippen LogP contribution is -2.27. The molecule has 0 atom stereocenters. The Kier molecular flexibility index (Phi) is 3.08. The van der Waals surface area contributed by atoms with Gasteiger partial charge < -0.3 is 4.90 Å². The molecular weight excluding hydrogens is 254 g/mol. The third kappa shape index (κ3) is 2.33. The van der Waals surface area contributed by atoms with Crippen molar-refractivity contribution in [3.05, 3.63) is 36.7 Å². The third-order valence-corrected chi connectivity index (χ3v) is 2.62. The Morgan fingerprint density at radius 3 is 2.85 bits per heavy atom. The fraction of sp³-hybridized carbons (Fsp3) is 0.154. The summed E-state index contributed by atoms with van der Waals surface area (Å²) in [6.45, 7) is 0. The molecule has 0 aliphatic rings. The Bertz CT molecular complexity index is 746. The monoisotopic (exact) mass is 268 g/mol. The van der Waals surface area contributed by atoms with Gasteiger partial charge in [-0.3, -0.25) is 4.98 Å². The van der Waals surface area contributed by atoms with Gasteiger partial charge in [-0.05, 0) is 17.1 Å². The van der Waals surface area contributed by atoms with Gasteiger partial charge in [-0.25, -0.2) is 0 Å².